The molecule has 2 heterocycles. The number of carbonyl (C=O) groups excluding carboxylic acids is 1. The number of sulfonamides is 1. The van der Waals surface area contributed by atoms with Crippen molar-refractivity contribution in [3.8, 4) is 5.75 Å². The number of methoxy groups -OCH3 is 1. The number of nitrogens with one attached hydrogen (secondary N) is 1. The maximum atomic E-state index is 14.5. The van der Waals surface area contributed by atoms with Crippen LogP contribution in [0.4, 0.5) is 4.39 Å². The van der Waals surface area contributed by atoms with E-state index in [1.54, 1.807) is 43.2 Å². The summed E-state index contributed by atoms with van der Waals surface area (Å²) in [6, 6.07) is 7.84. The fraction of sp³-hybridized carbons (Fsp3) is 0.519. The van der Waals surface area contributed by atoms with Gasteiger partial charge < -0.3 is 9.64 Å². The van der Waals surface area contributed by atoms with Crippen LogP contribution in [-0.2, 0) is 21.4 Å². The molecule has 2 saturated heterocycles. The number of amides is 1. The van der Waals surface area contributed by atoms with Gasteiger partial charge in [-0.1, -0.05) is 32.0 Å². The molecular weight excluding hydrogens is 481 g/mol. The van der Waals surface area contributed by atoms with E-state index in [0.29, 0.717) is 40.2 Å². The summed E-state index contributed by atoms with van der Waals surface area (Å²) < 4.78 is 49.0. The minimum absolute atomic E-state index is 0.0503. The number of ether oxygens (including phenoxy) is 1. The SMILES string of the molecule is COc1cc(C)c(S(=O)(=O)N2CCC3(CC2)NC(C(C)C)C(=O)N3Cc2ccccc2F)c(C)c1C. The molecule has 2 fully saturated rings. The highest BCUT2D eigenvalue weighted by atomic mass is 32.2. The molecular formula is C27H36FN3O4S. The van der Waals surface area contributed by atoms with Crippen LogP contribution < -0.4 is 10.1 Å². The van der Waals surface area contributed by atoms with Crippen LogP contribution in [0.25, 0.3) is 0 Å². The minimum atomic E-state index is -3.76. The average molecular weight is 518 g/mol. The molecule has 2 aromatic rings. The van der Waals surface area contributed by atoms with E-state index in [1.165, 1.54) is 10.4 Å². The first-order chi connectivity index (χ1) is 16.9. The summed E-state index contributed by atoms with van der Waals surface area (Å²) >= 11 is 0. The van der Waals surface area contributed by atoms with E-state index in [2.05, 4.69) is 5.32 Å². The number of aryl methyl sites for hydroxylation is 1. The Morgan fingerprint density at radius 1 is 1.14 bits per heavy atom. The van der Waals surface area contributed by atoms with E-state index in [4.69, 9.17) is 4.74 Å². The number of rotatable bonds is 6. The van der Waals surface area contributed by atoms with Crippen LogP contribution in [0.5, 0.6) is 5.75 Å². The van der Waals surface area contributed by atoms with Crippen molar-refractivity contribution in [2.45, 2.75) is 70.6 Å². The highest BCUT2D eigenvalue weighted by Crippen LogP contribution is 2.39. The molecule has 4 rings (SSSR count). The Labute approximate surface area is 213 Å². The van der Waals surface area contributed by atoms with Crippen molar-refractivity contribution in [2.24, 2.45) is 5.92 Å². The molecule has 0 aromatic heterocycles. The fourth-order valence-electron chi connectivity index (χ4n) is 5.56. The van der Waals surface area contributed by atoms with Crippen molar-refractivity contribution in [3.05, 3.63) is 58.4 Å². The number of hydrogen-bond acceptors (Lipinski definition) is 5. The summed E-state index contributed by atoms with van der Waals surface area (Å²) in [5.74, 6) is 0.296. The van der Waals surface area contributed by atoms with Crippen LogP contribution in [0.2, 0.25) is 0 Å². The fourth-order valence-corrected chi connectivity index (χ4v) is 7.48. The summed E-state index contributed by atoms with van der Waals surface area (Å²) in [5, 5.41) is 3.52. The van der Waals surface area contributed by atoms with E-state index in [1.807, 2.05) is 27.7 Å². The number of carbonyl (C=O) groups is 1. The number of hydrogen-bond donors (Lipinski definition) is 1. The van der Waals surface area contributed by atoms with Gasteiger partial charge in [-0.05, 0) is 68.4 Å². The maximum Gasteiger partial charge on any atom is 0.243 e. The van der Waals surface area contributed by atoms with Crippen molar-refractivity contribution in [2.75, 3.05) is 20.2 Å². The summed E-state index contributed by atoms with van der Waals surface area (Å²) in [5.41, 5.74) is 1.86. The highest BCUT2D eigenvalue weighted by Gasteiger charge is 2.53. The van der Waals surface area contributed by atoms with Crippen molar-refractivity contribution >= 4 is 15.9 Å². The Hall–Kier alpha value is -2.49. The molecule has 2 aliphatic rings. The molecule has 0 aliphatic carbocycles. The van der Waals surface area contributed by atoms with Gasteiger partial charge in [0.2, 0.25) is 15.9 Å². The van der Waals surface area contributed by atoms with Gasteiger partial charge in [-0.15, -0.1) is 0 Å². The zero-order valence-corrected chi connectivity index (χ0v) is 22.7. The molecule has 1 spiro atoms. The molecule has 2 aliphatic heterocycles. The Balaban J connectivity index is 1.63. The predicted octanol–water partition coefficient (Wildman–Crippen LogP) is 3.90. The van der Waals surface area contributed by atoms with Crippen molar-refractivity contribution in [1.82, 2.24) is 14.5 Å². The second-order valence-corrected chi connectivity index (χ2v) is 12.2. The van der Waals surface area contributed by atoms with Gasteiger partial charge in [-0.2, -0.15) is 4.31 Å². The maximum absolute atomic E-state index is 14.5. The largest absolute Gasteiger partial charge is 0.496 e. The standard InChI is InChI=1S/C27H36FN3O4S/c1-17(2)24-26(32)31(16-21-9-7-8-10-22(21)28)27(29-24)11-13-30(14-12-27)36(33,34)25-18(3)15-23(35-6)19(4)20(25)5/h7-10,15,17,24,29H,11-14,16H2,1-6H3. The van der Waals surface area contributed by atoms with Crippen molar-refractivity contribution in [1.29, 1.82) is 0 Å². The topological polar surface area (TPSA) is 79.0 Å². The molecule has 2 aromatic carbocycles. The molecule has 1 amide bonds. The van der Waals surface area contributed by atoms with Gasteiger partial charge in [-0.3, -0.25) is 10.1 Å². The molecule has 9 heteroatoms. The van der Waals surface area contributed by atoms with Gasteiger partial charge in [0.15, 0.2) is 0 Å². The smallest absolute Gasteiger partial charge is 0.243 e. The second-order valence-electron chi connectivity index (χ2n) is 10.3. The zero-order valence-electron chi connectivity index (χ0n) is 21.9. The lowest BCUT2D eigenvalue weighted by Crippen LogP contribution is -2.59. The number of halogens is 1. The van der Waals surface area contributed by atoms with E-state index in [0.717, 1.165) is 5.56 Å². The first-order valence-corrected chi connectivity index (χ1v) is 13.8. The van der Waals surface area contributed by atoms with Crippen LogP contribution >= 0.6 is 0 Å². The number of piperidine rings is 1. The Kier molecular flexibility index (Phi) is 7.20. The lowest BCUT2D eigenvalue weighted by Gasteiger charge is -2.44. The van der Waals surface area contributed by atoms with Gasteiger partial charge in [-0.25, -0.2) is 12.8 Å². The quantitative estimate of drug-likeness (QED) is 0.629. The third-order valence-electron chi connectivity index (χ3n) is 7.77. The highest BCUT2D eigenvalue weighted by molar-refractivity contribution is 7.89. The Morgan fingerprint density at radius 3 is 2.36 bits per heavy atom. The number of benzene rings is 2. The minimum Gasteiger partial charge on any atom is -0.496 e. The van der Waals surface area contributed by atoms with E-state index >= 15 is 0 Å². The molecule has 0 saturated carbocycles. The summed E-state index contributed by atoms with van der Waals surface area (Å²) in [6.07, 6.45) is 0.839. The lowest BCUT2D eigenvalue weighted by atomic mass is 9.96. The average Bonchev–Trinajstić information content (AvgIpc) is 3.09. The monoisotopic (exact) mass is 517 g/mol. The summed E-state index contributed by atoms with van der Waals surface area (Å²) in [7, 11) is -2.18. The second kappa shape index (κ2) is 9.76. The van der Waals surface area contributed by atoms with Gasteiger partial charge in [0.1, 0.15) is 11.6 Å². The molecule has 1 unspecified atom stereocenters. The van der Waals surface area contributed by atoms with Crippen molar-refractivity contribution < 1.29 is 22.3 Å². The molecule has 7 nitrogen and oxygen atoms in total. The first-order valence-electron chi connectivity index (χ1n) is 12.4. The third-order valence-corrected chi connectivity index (χ3v) is 9.96. The molecule has 1 atom stereocenters. The lowest BCUT2D eigenvalue weighted by molar-refractivity contribution is -0.134. The van der Waals surface area contributed by atoms with Crippen LogP contribution in [0.15, 0.2) is 35.2 Å². The van der Waals surface area contributed by atoms with Gasteiger partial charge in [0.05, 0.1) is 30.3 Å². The zero-order chi connectivity index (χ0) is 26.4. The van der Waals surface area contributed by atoms with E-state index < -0.39 is 21.7 Å². The third kappa shape index (κ3) is 4.41. The molecule has 1 N–H and O–H groups in total. The summed E-state index contributed by atoms with van der Waals surface area (Å²) in [6.45, 7) is 10.1. The Bertz CT molecular complexity index is 1270. The predicted molar refractivity (Wildman–Crippen MR) is 137 cm³/mol. The van der Waals surface area contributed by atoms with Crippen molar-refractivity contribution in [3.63, 3.8) is 0 Å². The Morgan fingerprint density at radius 2 is 1.78 bits per heavy atom. The van der Waals surface area contributed by atoms with Crippen LogP contribution in [0.3, 0.4) is 0 Å². The van der Waals surface area contributed by atoms with Crippen LogP contribution in [0, 0.1) is 32.5 Å². The molecule has 0 bridgehead atoms. The van der Waals surface area contributed by atoms with Crippen LogP contribution in [0.1, 0.15) is 48.9 Å². The van der Waals surface area contributed by atoms with Gasteiger partial charge >= 0.3 is 0 Å². The number of nitrogens with zero attached hydrogens (tertiary/aromatic N) is 2. The molecule has 196 valence electrons. The van der Waals surface area contributed by atoms with E-state index in [-0.39, 0.29) is 37.3 Å². The normalized spacial score (nSPS) is 20.5. The molecule has 36 heavy (non-hydrogen) atoms. The molecule has 0 radical (unpaired) electrons. The van der Waals surface area contributed by atoms with E-state index in [9.17, 15) is 17.6 Å². The summed E-state index contributed by atoms with van der Waals surface area (Å²) in [4.78, 5) is 15.5. The first kappa shape index (κ1) is 26.6. The van der Waals surface area contributed by atoms with Crippen LogP contribution in [-0.4, -0.2) is 55.4 Å². The van der Waals surface area contributed by atoms with Gasteiger partial charge in [0, 0.05) is 18.7 Å². The van der Waals surface area contributed by atoms with Gasteiger partial charge in [0.25, 0.3) is 0 Å².